The van der Waals surface area contributed by atoms with Crippen molar-refractivity contribution >= 4 is 17.8 Å². The highest BCUT2D eigenvalue weighted by Crippen LogP contribution is 2.36. The lowest BCUT2D eigenvalue weighted by Gasteiger charge is -2.37. The highest BCUT2D eigenvalue weighted by Gasteiger charge is 2.49. The zero-order valence-corrected chi connectivity index (χ0v) is 13.8. The van der Waals surface area contributed by atoms with Gasteiger partial charge >= 0.3 is 5.97 Å². The first-order valence-corrected chi connectivity index (χ1v) is 8.45. The number of hydrazine groups is 1. The zero-order valence-electron chi connectivity index (χ0n) is 13.8. The predicted octanol–water partition coefficient (Wildman–Crippen LogP) is 1.71. The van der Waals surface area contributed by atoms with Crippen molar-refractivity contribution in [2.75, 3.05) is 7.11 Å². The van der Waals surface area contributed by atoms with Crippen LogP contribution in [-0.2, 0) is 19.1 Å². The Morgan fingerprint density at radius 1 is 1.26 bits per heavy atom. The lowest BCUT2D eigenvalue weighted by molar-refractivity contribution is -0.158. The van der Waals surface area contributed by atoms with Gasteiger partial charge in [0, 0.05) is 5.57 Å². The highest BCUT2D eigenvalue weighted by molar-refractivity contribution is 6.14. The number of methoxy groups -OCH3 is 1. The summed E-state index contributed by atoms with van der Waals surface area (Å²) in [6.07, 6.45) is 8.04. The number of allylic oxidation sites excluding steroid dienone is 1. The molecule has 1 heterocycles. The number of carbonyl (C=O) groups is 3. The molecule has 2 amide bonds. The van der Waals surface area contributed by atoms with Gasteiger partial charge in [0.1, 0.15) is 5.54 Å². The lowest BCUT2D eigenvalue weighted by Crippen LogP contribution is -2.61. The predicted molar refractivity (Wildman–Crippen MR) is 82.8 cm³/mol. The van der Waals surface area contributed by atoms with Crippen LogP contribution in [0.3, 0.4) is 0 Å². The second kappa shape index (κ2) is 6.07. The summed E-state index contributed by atoms with van der Waals surface area (Å²) in [5.41, 5.74) is 2.55. The average Bonchev–Trinajstić information content (AvgIpc) is 3.37. The Morgan fingerprint density at radius 3 is 2.48 bits per heavy atom. The van der Waals surface area contributed by atoms with Crippen LogP contribution in [0, 0.1) is 11.8 Å². The van der Waals surface area contributed by atoms with Crippen molar-refractivity contribution in [2.24, 2.45) is 11.8 Å². The van der Waals surface area contributed by atoms with Crippen molar-refractivity contribution in [1.29, 1.82) is 0 Å². The van der Waals surface area contributed by atoms with Crippen LogP contribution >= 0.6 is 0 Å². The molecule has 1 N–H and O–H groups in total. The zero-order chi connectivity index (χ0) is 16.6. The molecule has 0 aromatic rings. The van der Waals surface area contributed by atoms with Crippen LogP contribution in [0.15, 0.2) is 11.6 Å². The minimum Gasteiger partial charge on any atom is -0.468 e. The Bertz CT molecular complexity index is 559. The molecule has 1 saturated heterocycles. The van der Waals surface area contributed by atoms with Crippen LogP contribution in [0.4, 0.5) is 0 Å². The normalized spacial score (nSPS) is 29.2. The molecule has 2 saturated carbocycles. The summed E-state index contributed by atoms with van der Waals surface area (Å²) in [7, 11) is 1.34. The molecule has 1 atom stereocenters. The quantitative estimate of drug-likeness (QED) is 0.485. The van der Waals surface area contributed by atoms with E-state index in [1.165, 1.54) is 7.11 Å². The van der Waals surface area contributed by atoms with Crippen molar-refractivity contribution in [3.8, 4) is 0 Å². The summed E-state index contributed by atoms with van der Waals surface area (Å²) in [5.74, 6) is -1.02. The van der Waals surface area contributed by atoms with Crippen molar-refractivity contribution in [3.05, 3.63) is 11.6 Å². The Labute approximate surface area is 136 Å². The molecule has 3 aliphatic rings. The van der Waals surface area contributed by atoms with E-state index in [4.69, 9.17) is 4.74 Å². The van der Waals surface area contributed by atoms with E-state index in [-0.39, 0.29) is 11.8 Å². The third-order valence-electron chi connectivity index (χ3n) is 5.15. The minimum absolute atomic E-state index is 0.282. The molecular formula is C17H24N2O4. The largest absolute Gasteiger partial charge is 0.468 e. The number of imide groups is 1. The van der Waals surface area contributed by atoms with E-state index in [0.29, 0.717) is 24.3 Å². The number of esters is 1. The standard InChI is InChI=1S/C17H24N2O4/c1-11-13(10-12-6-7-12)15(21)19(14(11)20)18-17(16(22)23-2)8-4-3-5-9-17/h10-12,18H,3-9H2,1-2H3/b13-10-. The van der Waals surface area contributed by atoms with Crippen molar-refractivity contribution < 1.29 is 19.1 Å². The molecular weight excluding hydrogens is 296 g/mol. The molecule has 3 rings (SSSR count). The van der Waals surface area contributed by atoms with Crippen molar-refractivity contribution in [2.45, 2.75) is 57.4 Å². The number of nitrogens with zero attached hydrogens (tertiary/aromatic N) is 1. The van der Waals surface area contributed by atoms with Crippen molar-refractivity contribution in [3.63, 3.8) is 0 Å². The third-order valence-corrected chi connectivity index (χ3v) is 5.15. The molecule has 126 valence electrons. The monoisotopic (exact) mass is 320 g/mol. The van der Waals surface area contributed by atoms with Gasteiger partial charge in [0.15, 0.2) is 0 Å². The number of nitrogens with one attached hydrogen (secondary N) is 1. The van der Waals surface area contributed by atoms with Crippen LogP contribution in [0.5, 0.6) is 0 Å². The molecule has 0 spiro atoms. The molecule has 0 aromatic carbocycles. The summed E-state index contributed by atoms with van der Waals surface area (Å²) < 4.78 is 4.94. The van der Waals surface area contributed by atoms with Crippen LogP contribution in [0.25, 0.3) is 0 Å². The van der Waals surface area contributed by atoms with E-state index in [0.717, 1.165) is 37.1 Å². The van der Waals surface area contributed by atoms with Crippen LogP contribution < -0.4 is 5.43 Å². The van der Waals surface area contributed by atoms with Gasteiger partial charge in [0.25, 0.3) is 11.8 Å². The molecule has 3 fully saturated rings. The second-order valence-corrected chi connectivity index (χ2v) is 6.91. The van der Waals surface area contributed by atoms with Crippen LogP contribution in [0.2, 0.25) is 0 Å². The van der Waals surface area contributed by atoms with Crippen LogP contribution in [-0.4, -0.2) is 35.4 Å². The Kier molecular flexibility index (Phi) is 4.27. The average molecular weight is 320 g/mol. The van der Waals surface area contributed by atoms with Gasteiger partial charge in [0.05, 0.1) is 13.0 Å². The number of amides is 2. The summed E-state index contributed by atoms with van der Waals surface area (Å²) in [4.78, 5) is 37.4. The van der Waals surface area contributed by atoms with Gasteiger partial charge in [-0.2, -0.15) is 0 Å². The number of ether oxygens (including phenoxy) is 1. The summed E-state index contributed by atoms with van der Waals surface area (Å²) in [5, 5.41) is 1.06. The van der Waals surface area contributed by atoms with Crippen LogP contribution in [0.1, 0.15) is 51.9 Å². The molecule has 23 heavy (non-hydrogen) atoms. The van der Waals surface area contributed by atoms with Gasteiger partial charge in [-0.05, 0) is 38.5 Å². The first-order valence-electron chi connectivity index (χ1n) is 8.45. The fraction of sp³-hybridized carbons (Fsp3) is 0.706. The SMILES string of the molecule is COC(=O)C1(NN2C(=O)/C(=C\C3CC3)C(C)C2=O)CCCCC1. The second-order valence-electron chi connectivity index (χ2n) is 6.91. The molecule has 6 heteroatoms. The lowest BCUT2D eigenvalue weighted by atomic mass is 9.82. The Balaban J connectivity index is 1.83. The molecule has 0 aromatic heterocycles. The Morgan fingerprint density at radius 2 is 1.91 bits per heavy atom. The van der Waals surface area contributed by atoms with Crippen molar-refractivity contribution in [1.82, 2.24) is 10.4 Å². The number of hydrogen-bond acceptors (Lipinski definition) is 5. The van der Waals surface area contributed by atoms with E-state index in [2.05, 4.69) is 5.43 Å². The maximum Gasteiger partial charge on any atom is 0.327 e. The van der Waals surface area contributed by atoms with E-state index >= 15 is 0 Å². The summed E-state index contributed by atoms with van der Waals surface area (Å²) in [6, 6.07) is 0. The van der Waals surface area contributed by atoms with Gasteiger partial charge in [-0.15, -0.1) is 0 Å². The first kappa shape index (κ1) is 16.2. The fourth-order valence-electron chi connectivity index (χ4n) is 3.51. The fourth-order valence-corrected chi connectivity index (χ4v) is 3.51. The van der Waals surface area contributed by atoms with E-state index < -0.39 is 17.4 Å². The number of rotatable bonds is 4. The highest BCUT2D eigenvalue weighted by atomic mass is 16.5. The van der Waals surface area contributed by atoms with Gasteiger partial charge in [-0.3, -0.25) is 9.59 Å². The van der Waals surface area contributed by atoms with E-state index in [1.54, 1.807) is 6.92 Å². The summed E-state index contributed by atoms with van der Waals surface area (Å²) >= 11 is 0. The van der Waals surface area contributed by atoms with E-state index in [9.17, 15) is 14.4 Å². The summed E-state index contributed by atoms with van der Waals surface area (Å²) in [6.45, 7) is 1.75. The number of carbonyl (C=O) groups excluding carboxylic acids is 3. The van der Waals surface area contributed by atoms with Gasteiger partial charge in [0.2, 0.25) is 0 Å². The molecule has 2 aliphatic carbocycles. The molecule has 0 radical (unpaired) electrons. The van der Waals surface area contributed by atoms with Gasteiger partial charge < -0.3 is 4.74 Å². The molecule has 1 aliphatic heterocycles. The maximum atomic E-state index is 12.6. The topological polar surface area (TPSA) is 75.7 Å². The smallest absolute Gasteiger partial charge is 0.327 e. The van der Waals surface area contributed by atoms with Gasteiger partial charge in [-0.1, -0.05) is 25.3 Å². The number of hydrogen-bond donors (Lipinski definition) is 1. The van der Waals surface area contributed by atoms with Gasteiger partial charge in [-0.25, -0.2) is 15.2 Å². The molecule has 6 nitrogen and oxygen atoms in total. The Hall–Kier alpha value is -1.69. The molecule has 0 bridgehead atoms. The first-order chi connectivity index (χ1) is 11.0. The van der Waals surface area contributed by atoms with E-state index in [1.807, 2.05) is 6.08 Å². The third kappa shape index (κ3) is 2.92. The minimum atomic E-state index is -0.965. The maximum absolute atomic E-state index is 12.6. The molecule has 1 unspecified atom stereocenters.